The number of hydrogen-bond acceptors (Lipinski definition) is 4. The molecule has 1 aromatic rings. The van der Waals surface area contributed by atoms with Gasteiger partial charge in [-0.2, -0.15) is 0 Å². The maximum absolute atomic E-state index is 12.0. The topological polar surface area (TPSA) is 57.3 Å². The van der Waals surface area contributed by atoms with Crippen molar-refractivity contribution in [2.45, 2.75) is 13.1 Å². The first-order valence-corrected chi connectivity index (χ1v) is 6.25. The predicted molar refractivity (Wildman–Crippen MR) is 72.3 cm³/mol. The van der Waals surface area contributed by atoms with Crippen molar-refractivity contribution in [3.05, 3.63) is 29.6 Å². The van der Waals surface area contributed by atoms with E-state index in [1.807, 2.05) is 12.1 Å². The molecule has 0 saturated carbocycles. The largest absolute Gasteiger partial charge is 0.348 e. The molecule has 6 heteroatoms. The fourth-order valence-corrected chi connectivity index (χ4v) is 1.49. The summed E-state index contributed by atoms with van der Waals surface area (Å²) in [5.41, 5.74) is 1.92. The van der Waals surface area contributed by atoms with Crippen LogP contribution in [0.5, 0.6) is 0 Å². The maximum Gasteiger partial charge on any atom is 0.236 e. The number of alkyl halides is 1. The minimum atomic E-state index is -0.369. The van der Waals surface area contributed by atoms with Gasteiger partial charge in [-0.25, -0.2) is 4.39 Å². The zero-order chi connectivity index (χ0) is 14.1. The summed E-state index contributed by atoms with van der Waals surface area (Å²) >= 11 is 0. The molecule has 1 heterocycles. The summed E-state index contributed by atoms with van der Waals surface area (Å²) in [6.07, 6.45) is 1.72. The van der Waals surface area contributed by atoms with Crippen LogP contribution in [-0.4, -0.2) is 49.7 Å². The van der Waals surface area contributed by atoms with E-state index >= 15 is 0 Å². The van der Waals surface area contributed by atoms with E-state index in [9.17, 15) is 9.18 Å². The Balaban J connectivity index is 2.37. The lowest BCUT2D eigenvalue weighted by Gasteiger charge is -2.11. The number of halogens is 1. The molecule has 2 N–H and O–H groups in total. The fourth-order valence-electron chi connectivity index (χ4n) is 1.49. The lowest BCUT2D eigenvalue weighted by Crippen LogP contribution is -2.32. The van der Waals surface area contributed by atoms with Gasteiger partial charge in [0, 0.05) is 39.9 Å². The molecule has 1 aromatic heterocycles. The molecule has 1 amide bonds. The number of nitrogens with zero attached hydrogens (tertiary/aromatic N) is 2. The Hall–Kier alpha value is -1.53. The Bertz CT molecular complexity index is 398. The summed E-state index contributed by atoms with van der Waals surface area (Å²) in [6, 6.07) is 3.83. The van der Waals surface area contributed by atoms with Crippen LogP contribution >= 0.6 is 0 Å². The van der Waals surface area contributed by atoms with Gasteiger partial charge in [0.15, 0.2) is 0 Å². The summed E-state index contributed by atoms with van der Waals surface area (Å²) in [5.74, 6) is 0.0285. The van der Waals surface area contributed by atoms with Gasteiger partial charge in [0.2, 0.25) is 5.91 Å². The first-order valence-electron chi connectivity index (χ1n) is 6.25. The lowest BCUT2D eigenvalue weighted by atomic mass is 10.2. The van der Waals surface area contributed by atoms with Crippen molar-refractivity contribution in [1.29, 1.82) is 0 Å². The maximum atomic E-state index is 12.0. The molecule has 0 atom stereocenters. The molecule has 0 spiro atoms. The first-order chi connectivity index (χ1) is 9.13. The molecule has 1 rings (SSSR count). The van der Waals surface area contributed by atoms with Crippen LogP contribution in [0.3, 0.4) is 0 Å². The number of amides is 1. The molecule has 19 heavy (non-hydrogen) atoms. The van der Waals surface area contributed by atoms with Crippen LogP contribution in [0, 0.1) is 0 Å². The van der Waals surface area contributed by atoms with E-state index in [4.69, 9.17) is 0 Å². The molecule has 5 nitrogen and oxygen atoms in total. The number of carbonyl (C=O) groups is 1. The SMILES string of the molecule is CN(C)C(=O)CNCc1cc(CNCCF)ccn1. The molecule has 0 bridgehead atoms. The Kier molecular flexibility index (Phi) is 6.99. The third kappa shape index (κ3) is 6.26. The van der Waals surface area contributed by atoms with Crippen molar-refractivity contribution in [2.75, 3.05) is 33.9 Å². The highest BCUT2D eigenvalue weighted by Crippen LogP contribution is 2.01. The molecule has 0 radical (unpaired) electrons. The quantitative estimate of drug-likeness (QED) is 0.667. The second-order valence-corrected chi connectivity index (χ2v) is 4.41. The minimum absolute atomic E-state index is 0.0285. The first kappa shape index (κ1) is 15.5. The van der Waals surface area contributed by atoms with Crippen molar-refractivity contribution in [3.8, 4) is 0 Å². The Labute approximate surface area is 113 Å². The molecule has 0 aliphatic carbocycles. The zero-order valence-corrected chi connectivity index (χ0v) is 11.4. The summed E-state index contributed by atoms with van der Waals surface area (Å²) < 4.78 is 12.0. The number of aromatic nitrogens is 1. The zero-order valence-electron chi connectivity index (χ0n) is 11.4. The monoisotopic (exact) mass is 268 g/mol. The van der Waals surface area contributed by atoms with Gasteiger partial charge in [0.1, 0.15) is 6.67 Å². The van der Waals surface area contributed by atoms with Gasteiger partial charge in [-0.05, 0) is 17.7 Å². The molecular formula is C13H21FN4O. The highest BCUT2D eigenvalue weighted by molar-refractivity contribution is 5.77. The van der Waals surface area contributed by atoms with Crippen LogP contribution in [0.15, 0.2) is 18.3 Å². The van der Waals surface area contributed by atoms with Crippen molar-refractivity contribution in [1.82, 2.24) is 20.5 Å². The van der Waals surface area contributed by atoms with Gasteiger partial charge in [-0.3, -0.25) is 9.78 Å². The van der Waals surface area contributed by atoms with E-state index in [0.717, 1.165) is 11.3 Å². The molecular weight excluding hydrogens is 247 g/mol. The molecule has 0 aromatic carbocycles. The molecule has 0 unspecified atom stereocenters. The summed E-state index contributed by atoms with van der Waals surface area (Å²) in [5, 5.41) is 6.03. The van der Waals surface area contributed by atoms with E-state index in [2.05, 4.69) is 15.6 Å². The third-order valence-electron chi connectivity index (χ3n) is 2.56. The van der Waals surface area contributed by atoms with Crippen molar-refractivity contribution in [3.63, 3.8) is 0 Å². The molecule has 0 aliphatic rings. The van der Waals surface area contributed by atoms with Gasteiger partial charge in [0.25, 0.3) is 0 Å². The van der Waals surface area contributed by atoms with Crippen molar-refractivity contribution < 1.29 is 9.18 Å². The average Bonchev–Trinajstić information content (AvgIpc) is 2.39. The van der Waals surface area contributed by atoms with Crippen LogP contribution in [0.25, 0.3) is 0 Å². The van der Waals surface area contributed by atoms with Crippen molar-refractivity contribution in [2.24, 2.45) is 0 Å². The smallest absolute Gasteiger partial charge is 0.236 e. The van der Waals surface area contributed by atoms with Crippen LogP contribution in [0.1, 0.15) is 11.3 Å². The number of nitrogens with one attached hydrogen (secondary N) is 2. The number of likely N-dealkylation sites (N-methyl/N-ethyl adjacent to an activating group) is 1. The van der Waals surface area contributed by atoms with Crippen LogP contribution in [-0.2, 0) is 17.9 Å². The number of pyridine rings is 1. The Morgan fingerprint density at radius 2 is 2.16 bits per heavy atom. The van der Waals surface area contributed by atoms with E-state index in [-0.39, 0.29) is 12.6 Å². The summed E-state index contributed by atoms with van der Waals surface area (Å²) in [6.45, 7) is 1.44. The van der Waals surface area contributed by atoms with Gasteiger partial charge >= 0.3 is 0 Å². The van der Waals surface area contributed by atoms with Gasteiger partial charge in [-0.1, -0.05) is 0 Å². The van der Waals surface area contributed by atoms with Crippen LogP contribution < -0.4 is 10.6 Å². The van der Waals surface area contributed by atoms with E-state index in [1.165, 1.54) is 4.90 Å². The standard InChI is InChI=1S/C13H21FN4O/c1-18(2)13(19)10-16-9-12-7-11(3-5-17-12)8-15-6-4-14/h3,5,7,15-16H,4,6,8-10H2,1-2H3. The second kappa shape index (κ2) is 8.55. The summed E-state index contributed by atoms with van der Waals surface area (Å²) in [7, 11) is 3.44. The Morgan fingerprint density at radius 1 is 1.37 bits per heavy atom. The minimum Gasteiger partial charge on any atom is -0.348 e. The van der Waals surface area contributed by atoms with Crippen LogP contribution in [0.2, 0.25) is 0 Å². The lowest BCUT2D eigenvalue weighted by molar-refractivity contribution is -0.127. The highest BCUT2D eigenvalue weighted by atomic mass is 19.1. The fraction of sp³-hybridized carbons (Fsp3) is 0.538. The second-order valence-electron chi connectivity index (χ2n) is 4.41. The molecule has 0 aliphatic heterocycles. The van der Waals surface area contributed by atoms with E-state index in [1.54, 1.807) is 20.3 Å². The van der Waals surface area contributed by atoms with Gasteiger partial charge < -0.3 is 15.5 Å². The van der Waals surface area contributed by atoms with Crippen molar-refractivity contribution >= 4 is 5.91 Å². The number of rotatable bonds is 8. The third-order valence-corrected chi connectivity index (χ3v) is 2.56. The molecule has 106 valence electrons. The number of carbonyl (C=O) groups excluding carboxylic acids is 1. The highest BCUT2D eigenvalue weighted by Gasteiger charge is 2.03. The summed E-state index contributed by atoms with van der Waals surface area (Å²) in [4.78, 5) is 17.1. The van der Waals surface area contributed by atoms with Crippen LogP contribution in [0.4, 0.5) is 4.39 Å². The van der Waals surface area contributed by atoms with Gasteiger partial charge in [-0.15, -0.1) is 0 Å². The van der Waals surface area contributed by atoms with Gasteiger partial charge in [0.05, 0.1) is 12.2 Å². The number of hydrogen-bond donors (Lipinski definition) is 2. The van der Waals surface area contributed by atoms with E-state index < -0.39 is 0 Å². The Morgan fingerprint density at radius 3 is 2.84 bits per heavy atom. The molecule has 0 saturated heterocycles. The average molecular weight is 268 g/mol. The predicted octanol–water partition coefficient (Wildman–Crippen LogP) is 0.319. The van der Waals surface area contributed by atoms with E-state index in [0.29, 0.717) is 26.2 Å². The molecule has 0 fully saturated rings. The normalized spacial score (nSPS) is 10.5.